The van der Waals surface area contributed by atoms with Crippen LogP contribution in [0.5, 0.6) is 0 Å². The van der Waals surface area contributed by atoms with Gasteiger partial charge in [-0.05, 0) is 37.1 Å². The maximum absolute atomic E-state index is 9.08. The third kappa shape index (κ3) is 3.15. The Labute approximate surface area is 121 Å². The van der Waals surface area contributed by atoms with E-state index in [1.54, 1.807) is 0 Å². The van der Waals surface area contributed by atoms with Crippen molar-refractivity contribution in [1.29, 1.82) is 5.26 Å². The van der Waals surface area contributed by atoms with Gasteiger partial charge in [-0.25, -0.2) is 0 Å². The quantitative estimate of drug-likeness (QED) is 0.942. The highest BCUT2D eigenvalue weighted by Gasteiger charge is 2.05. The molecule has 0 aliphatic rings. The highest BCUT2D eigenvalue weighted by atomic mass is 79.9. The number of nitrogens with zero attached hydrogens (tertiary/aromatic N) is 3. The topological polar surface area (TPSA) is 53.6 Å². The van der Waals surface area contributed by atoms with Crippen LogP contribution in [0.1, 0.15) is 16.8 Å². The summed E-state index contributed by atoms with van der Waals surface area (Å²) < 4.78 is 2.79. The SMILES string of the molecule is Cc1c(CCNc2ccc(Br)cc2C#N)cnn1C. The molecule has 98 valence electrons. The molecular formula is C14H15BrN4. The smallest absolute Gasteiger partial charge is 0.101 e. The lowest BCUT2D eigenvalue weighted by Gasteiger charge is -2.08. The molecule has 0 fully saturated rings. The molecule has 0 bridgehead atoms. The van der Waals surface area contributed by atoms with Gasteiger partial charge in [0.2, 0.25) is 0 Å². The van der Waals surface area contributed by atoms with Gasteiger partial charge in [0.05, 0.1) is 17.4 Å². The number of nitriles is 1. The zero-order valence-electron chi connectivity index (χ0n) is 10.9. The van der Waals surface area contributed by atoms with Gasteiger partial charge in [0.15, 0.2) is 0 Å². The number of halogens is 1. The first-order chi connectivity index (χ1) is 9.11. The summed E-state index contributed by atoms with van der Waals surface area (Å²) in [6.07, 6.45) is 2.78. The second-order valence-electron chi connectivity index (χ2n) is 4.36. The van der Waals surface area contributed by atoms with Crippen LogP contribution in [0.4, 0.5) is 5.69 Å². The van der Waals surface area contributed by atoms with E-state index in [0.717, 1.165) is 23.1 Å². The number of rotatable bonds is 4. The molecular weight excluding hydrogens is 304 g/mol. The Hall–Kier alpha value is -1.80. The molecule has 4 nitrogen and oxygen atoms in total. The van der Waals surface area contributed by atoms with Gasteiger partial charge < -0.3 is 5.32 Å². The minimum absolute atomic E-state index is 0.650. The van der Waals surface area contributed by atoms with E-state index >= 15 is 0 Å². The first-order valence-corrected chi connectivity index (χ1v) is 6.82. The standard InChI is InChI=1S/C14H15BrN4/c1-10-11(9-18-19(10)2)5-6-17-14-4-3-13(15)7-12(14)8-16/h3-4,7,9,17H,5-6H2,1-2H3. The van der Waals surface area contributed by atoms with E-state index < -0.39 is 0 Å². The maximum Gasteiger partial charge on any atom is 0.101 e. The minimum atomic E-state index is 0.650. The van der Waals surface area contributed by atoms with Gasteiger partial charge >= 0.3 is 0 Å². The lowest BCUT2D eigenvalue weighted by Crippen LogP contribution is -2.07. The molecule has 0 saturated heterocycles. The van der Waals surface area contributed by atoms with Crippen LogP contribution in [0.25, 0.3) is 0 Å². The molecule has 0 aliphatic heterocycles. The average Bonchev–Trinajstić information content (AvgIpc) is 2.72. The van der Waals surface area contributed by atoms with Crippen LogP contribution < -0.4 is 5.32 Å². The molecule has 2 rings (SSSR count). The van der Waals surface area contributed by atoms with Crippen LogP contribution in [0.2, 0.25) is 0 Å². The minimum Gasteiger partial charge on any atom is -0.384 e. The van der Waals surface area contributed by atoms with E-state index in [1.807, 2.05) is 36.1 Å². The predicted molar refractivity (Wildman–Crippen MR) is 79.0 cm³/mol. The molecule has 1 aromatic heterocycles. The predicted octanol–water partition coefficient (Wildman–Crippen LogP) is 3.02. The normalized spacial score (nSPS) is 10.2. The zero-order valence-corrected chi connectivity index (χ0v) is 12.5. The summed E-state index contributed by atoms with van der Waals surface area (Å²) in [5.41, 5.74) is 3.92. The molecule has 5 heteroatoms. The van der Waals surface area contributed by atoms with Crippen LogP contribution in [-0.4, -0.2) is 16.3 Å². The maximum atomic E-state index is 9.08. The molecule has 0 atom stereocenters. The molecule has 1 heterocycles. The fourth-order valence-electron chi connectivity index (χ4n) is 1.88. The van der Waals surface area contributed by atoms with E-state index in [9.17, 15) is 0 Å². The van der Waals surface area contributed by atoms with Crippen LogP contribution in [0.15, 0.2) is 28.9 Å². The molecule has 0 aliphatic carbocycles. The van der Waals surface area contributed by atoms with Crippen LogP contribution in [0, 0.1) is 18.3 Å². The van der Waals surface area contributed by atoms with Crippen molar-refractivity contribution >= 4 is 21.6 Å². The Morgan fingerprint density at radius 3 is 2.89 bits per heavy atom. The number of hydrogen-bond acceptors (Lipinski definition) is 3. The summed E-state index contributed by atoms with van der Waals surface area (Å²) in [5, 5.41) is 16.6. The van der Waals surface area contributed by atoms with Crippen molar-refractivity contribution in [2.45, 2.75) is 13.3 Å². The van der Waals surface area contributed by atoms with E-state index in [0.29, 0.717) is 5.56 Å². The van der Waals surface area contributed by atoms with Crippen molar-refractivity contribution in [2.24, 2.45) is 7.05 Å². The summed E-state index contributed by atoms with van der Waals surface area (Å²) in [4.78, 5) is 0. The van der Waals surface area contributed by atoms with Gasteiger partial charge in [0, 0.05) is 23.8 Å². The van der Waals surface area contributed by atoms with Gasteiger partial charge in [-0.15, -0.1) is 0 Å². The molecule has 0 amide bonds. The first-order valence-electron chi connectivity index (χ1n) is 6.03. The summed E-state index contributed by atoms with van der Waals surface area (Å²) in [7, 11) is 1.94. The first kappa shape index (κ1) is 13.6. The molecule has 1 N–H and O–H groups in total. The lowest BCUT2D eigenvalue weighted by atomic mass is 10.1. The van der Waals surface area contributed by atoms with E-state index in [2.05, 4.69) is 39.3 Å². The average molecular weight is 319 g/mol. The van der Waals surface area contributed by atoms with Crippen molar-refractivity contribution in [1.82, 2.24) is 9.78 Å². The summed E-state index contributed by atoms with van der Waals surface area (Å²) in [6.45, 7) is 2.84. The summed E-state index contributed by atoms with van der Waals surface area (Å²) in [5.74, 6) is 0. The molecule has 2 aromatic rings. The largest absolute Gasteiger partial charge is 0.384 e. The van der Waals surface area contributed by atoms with Crippen LogP contribution in [-0.2, 0) is 13.5 Å². The van der Waals surface area contributed by atoms with Gasteiger partial charge in [0.1, 0.15) is 6.07 Å². The van der Waals surface area contributed by atoms with Crippen molar-refractivity contribution in [3.05, 3.63) is 45.7 Å². The van der Waals surface area contributed by atoms with E-state index in [4.69, 9.17) is 5.26 Å². The Bertz CT molecular complexity index is 625. The van der Waals surface area contributed by atoms with Gasteiger partial charge in [-0.1, -0.05) is 15.9 Å². The Morgan fingerprint density at radius 2 is 2.26 bits per heavy atom. The van der Waals surface area contributed by atoms with Gasteiger partial charge in [-0.3, -0.25) is 4.68 Å². The van der Waals surface area contributed by atoms with Crippen molar-refractivity contribution in [2.75, 3.05) is 11.9 Å². The molecule has 1 aromatic carbocycles. The fourth-order valence-corrected chi connectivity index (χ4v) is 2.25. The number of nitrogens with one attached hydrogen (secondary N) is 1. The third-order valence-electron chi connectivity index (χ3n) is 3.15. The fraction of sp³-hybridized carbons (Fsp3) is 0.286. The third-order valence-corrected chi connectivity index (χ3v) is 3.64. The number of aryl methyl sites for hydroxylation is 1. The summed E-state index contributed by atoms with van der Waals surface area (Å²) >= 11 is 3.36. The van der Waals surface area contributed by atoms with Gasteiger partial charge in [-0.2, -0.15) is 10.4 Å². The molecule has 19 heavy (non-hydrogen) atoms. The second kappa shape index (κ2) is 5.89. The van der Waals surface area contributed by atoms with E-state index in [1.165, 1.54) is 11.3 Å². The van der Waals surface area contributed by atoms with Gasteiger partial charge in [0.25, 0.3) is 0 Å². The van der Waals surface area contributed by atoms with E-state index in [-0.39, 0.29) is 0 Å². The Kier molecular flexibility index (Phi) is 4.23. The monoisotopic (exact) mass is 318 g/mol. The van der Waals surface area contributed by atoms with Crippen molar-refractivity contribution in [3.63, 3.8) is 0 Å². The Balaban J connectivity index is 2.00. The second-order valence-corrected chi connectivity index (χ2v) is 5.27. The highest BCUT2D eigenvalue weighted by molar-refractivity contribution is 9.10. The molecule has 0 radical (unpaired) electrons. The van der Waals surface area contributed by atoms with Crippen LogP contribution in [0.3, 0.4) is 0 Å². The zero-order chi connectivity index (χ0) is 13.8. The number of anilines is 1. The highest BCUT2D eigenvalue weighted by Crippen LogP contribution is 2.20. The number of hydrogen-bond donors (Lipinski definition) is 1. The Morgan fingerprint density at radius 1 is 1.47 bits per heavy atom. The molecule has 0 spiro atoms. The van der Waals surface area contributed by atoms with Crippen molar-refractivity contribution < 1.29 is 0 Å². The van der Waals surface area contributed by atoms with Crippen molar-refractivity contribution in [3.8, 4) is 6.07 Å². The van der Waals surface area contributed by atoms with Crippen LogP contribution >= 0.6 is 15.9 Å². The summed E-state index contributed by atoms with van der Waals surface area (Å²) in [6, 6.07) is 7.85. The molecule has 0 unspecified atom stereocenters. The number of benzene rings is 1. The molecule has 0 saturated carbocycles. The lowest BCUT2D eigenvalue weighted by molar-refractivity contribution is 0.737. The number of aromatic nitrogens is 2.